The van der Waals surface area contributed by atoms with Gasteiger partial charge in [0, 0.05) is 25.6 Å². The van der Waals surface area contributed by atoms with Crippen molar-refractivity contribution in [3.05, 3.63) is 59.5 Å². The summed E-state index contributed by atoms with van der Waals surface area (Å²) in [6.45, 7) is 2.39. The summed E-state index contributed by atoms with van der Waals surface area (Å²) in [5.41, 5.74) is 2.94. The van der Waals surface area contributed by atoms with Crippen LogP contribution in [-0.4, -0.2) is 37.8 Å². The molecule has 4 rings (SSSR count). The Morgan fingerprint density at radius 3 is 2.85 bits per heavy atom. The lowest BCUT2D eigenvalue weighted by Crippen LogP contribution is -2.46. The molecule has 2 N–H and O–H groups in total. The predicted octanol–water partition coefficient (Wildman–Crippen LogP) is 3.09. The quantitative estimate of drug-likeness (QED) is 0.608. The second-order valence-corrected chi connectivity index (χ2v) is 7.43. The largest absolute Gasteiger partial charge is 0.469 e. The summed E-state index contributed by atoms with van der Waals surface area (Å²) in [6.07, 6.45) is 8.40. The molecule has 1 saturated heterocycles. The van der Waals surface area contributed by atoms with Crippen LogP contribution in [0.25, 0.3) is 0 Å². The van der Waals surface area contributed by atoms with Crippen LogP contribution < -0.4 is 10.6 Å². The molecule has 5 nitrogen and oxygen atoms in total. The Hall–Kier alpha value is -2.27. The lowest BCUT2D eigenvalue weighted by atomic mass is 9.88. The Bertz CT molecular complexity index is 736. The molecule has 2 heterocycles. The smallest absolute Gasteiger partial charge is 0.191 e. The highest BCUT2D eigenvalue weighted by atomic mass is 16.5. The minimum Gasteiger partial charge on any atom is -0.469 e. The van der Waals surface area contributed by atoms with E-state index in [9.17, 15) is 0 Å². The van der Waals surface area contributed by atoms with Crippen LogP contribution >= 0.6 is 0 Å². The van der Waals surface area contributed by atoms with E-state index in [1.165, 1.54) is 11.1 Å². The summed E-state index contributed by atoms with van der Waals surface area (Å²) in [5.74, 6) is 1.88. The van der Waals surface area contributed by atoms with Crippen molar-refractivity contribution >= 4 is 5.96 Å². The van der Waals surface area contributed by atoms with Crippen LogP contribution in [0, 0.1) is 0 Å². The minimum atomic E-state index is 0.265. The van der Waals surface area contributed by atoms with Crippen LogP contribution in [0.1, 0.15) is 36.1 Å². The maximum atomic E-state index is 5.73. The number of aliphatic imine (C=N–C) groups is 1. The molecule has 0 bridgehead atoms. The Labute approximate surface area is 161 Å². The van der Waals surface area contributed by atoms with Crippen LogP contribution in [0.5, 0.6) is 0 Å². The number of guanidine groups is 1. The molecule has 1 fully saturated rings. The third-order valence-electron chi connectivity index (χ3n) is 5.41. The van der Waals surface area contributed by atoms with Crippen molar-refractivity contribution in [2.24, 2.45) is 4.99 Å². The first-order chi connectivity index (χ1) is 13.4. The van der Waals surface area contributed by atoms with Gasteiger partial charge in [-0.1, -0.05) is 24.3 Å². The first kappa shape index (κ1) is 18.1. The van der Waals surface area contributed by atoms with Crippen LogP contribution in [0.2, 0.25) is 0 Å². The molecule has 1 aromatic carbocycles. The number of furan rings is 1. The molecule has 2 atom stereocenters. The second kappa shape index (κ2) is 9.09. The van der Waals surface area contributed by atoms with E-state index >= 15 is 0 Å². The number of hydrogen-bond acceptors (Lipinski definition) is 3. The van der Waals surface area contributed by atoms with Crippen LogP contribution in [-0.2, 0) is 24.0 Å². The molecule has 1 aliphatic heterocycles. The molecule has 0 amide bonds. The van der Waals surface area contributed by atoms with Gasteiger partial charge in [-0.15, -0.1) is 0 Å². The van der Waals surface area contributed by atoms with E-state index < -0.39 is 0 Å². The van der Waals surface area contributed by atoms with Gasteiger partial charge in [0.25, 0.3) is 0 Å². The third-order valence-corrected chi connectivity index (χ3v) is 5.41. The molecular weight excluding hydrogens is 338 g/mol. The third kappa shape index (κ3) is 5.13. The first-order valence-corrected chi connectivity index (χ1v) is 10.1. The van der Waals surface area contributed by atoms with E-state index in [4.69, 9.17) is 14.1 Å². The van der Waals surface area contributed by atoms with Crippen molar-refractivity contribution in [2.45, 2.75) is 50.7 Å². The average molecular weight is 367 g/mol. The normalized spacial score (nSPS) is 22.4. The van der Waals surface area contributed by atoms with Gasteiger partial charge in [-0.3, -0.25) is 4.99 Å². The van der Waals surface area contributed by atoms with Crippen molar-refractivity contribution in [2.75, 3.05) is 19.7 Å². The lowest BCUT2D eigenvalue weighted by Gasteiger charge is -2.27. The van der Waals surface area contributed by atoms with E-state index in [2.05, 4.69) is 34.9 Å². The van der Waals surface area contributed by atoms with Gasteiger partial charge in [-0.05, 0) is 55.4 Å². The highest BCUT2D eigenvalue weighted by Gasteiger charge is 2.20. The molecule has 0 spiro atoms. The highest BCUT2D eigenvalue weighted by molar-refractivity contribution is 5.80. The zero-order valence-corrected chi connectivity index (χ0v) is 15.8. The van der Waals surface area contributed by atoms with Gasteiger partial charge in [0.1, 0.15) is 5.76 Å². The zero-order chi connectivity index (χ0) is 18.3. The number of fused-ring (bicyclic) bond motifs is 1. The Morgan fingerprint density at radius 1 is 1.11 bits per heavy atom. The number of nitrogens with zero attached hydrogens (tertiary/aromatic N) is 1. The average Bonchev–Trinajstić information content (AvgIpc) is 3.40. The van der Waals surface area contributed by atoms with Crippen molar-refractivity contribution < 1.29 is 9.15 Å². The summed E-state index contributed by atoms with van der Waals surface area (Å²) in [5, 5.41) is 7.13. The summed E-state index contributed by atoms with van der Waals surface area (Å²) in [6, 6.07) is 13.1. The van der Waals surface area contributed by atoms with Gasteiger partial charge < -0.3 is 19.8 Å². The molecule has 2 unspecified atom stereocenters. The molecule has 0 saturated carbocycles. The lowest BCUT2D eigenvalue weighted by molar-refractivity contribution is 0.117. The molecule has 144 valence electrons. The molecular formula is C22H29N3O2. The summed E-state index contributed by atoms with van der Waals surface area (Å²) < 4.78 is 11.2. The van der Waals surface area contributed by atoms with Gasteiger partial charge in [0.15, 0.2) is 5.96 Å². The maximum absolute atomic E-state index is 5.73. The van der Waals surface area contributed by atoms with E-state index in [0.29, 0.717) is 6.04 Å². The van der Waals surface area contributed by atoms with Gasteiger partial charge in [0.05, 0.1) is 18.9 Å². The van der Waals surface area contributed by atoms with Crippen molar-refractivity contribution in [1.82, 2.24) is 10.6 Å². The van der Waals surface area contributed by atoms with Gasteiger partial charge in [-0.2, -0.15) is 0 Å². The van der Waals surface area contributed by atoms with E-state index in [1.54, 1.807) is 6.26 Å². The molecule has 0 radical (unpaired) electrons. The maximum Gasteiger partial charge on any atom is 0.191 e. The number of rotatable bonds is 6. The number of hydrogen-bond donors (Lipinski definition) is 2. The van der Waals surface area contributed by atoms with E-state index in [0.717, 1.165) is 69.9 Å². The Morgan fingerprint density at radius 2 is 2.04 bits per heavy atom. The van der Waals surface area contributed by atoms with Gasteiger partial charge >= 0.3 is 0 Å². The number of aryl methyl sites for hydroxylation is 1. The molecule has 5 heteroatoms. The SMILES string of the molecule is c1coc(CCNC(=NCC2CCCO2)NC2CCc3ccccc3C2)c1. The second-order valence-electron chi connectivity index (χ2n) is 7.43. The molecule has 2 aromatic rings. The van der Waals surface area contributed by atoms with E-state index in [1.807, 2.05) is 12.1 Å². The minimum absolute atomic E-state index is 0.265. The highest BCUT2D eigenvalue weighted by Crippen LogP contribution is 2.21. The number of nitrogens with one attached hydrogen (secondary N) is 2. The fraction of sp³-hybridized carbons (Fsp3) is 0.500. The molecule has 2 aliphatic rings. The fourth-order valence-electron chi connectivity index (χ4n) is 3.91. The molecule has 1 aromatic heterocycles. The topological polar surface area (TPSA) is 58.8 Å². The predicted molar refractivity (Wildman–Crippen MR) is 107 cm³/mol. The molecule has 27 heavy (non-hydrogen) atoms. The fourth-order valence-corrected chi connectivity index (χ4v) is 3.91. The van der Waals surface area contributed by atoms with Crippen molar-refractivity contribution in [1.29, 1.82) is 0 Å². The summed E-state index contributed by atoms with van der Waals surface area (Å²) in [7, 11) is 0. The number of ether oxygens (including phenoxy) is 1. The Kier molecular flexibility index (Phi) is 6.10. The first-order valence-electron chi connectivity index (χ1n) is 10.1. The van der Waals surface area contributed by atoms with Crippen LogP contribution in [0.4, 0.5) is 0 Å². The van der Waals surface area contributed by atoms with Crippen LogP contribution in [0.3, 0.4) is 0 Å². The summed E-state index contributed by atoms with van der Waals surface area (Å²) in [4.78, 5) is 4.81. The summed E-state index contributed by atoms with van der Waals surface area (Å²) >= 11 is 0. The van der Waals surface area contributed by atoms with Crippen molar-refractivity contribution in [3.8, 4) is 0 Å². The van der Waals surface area contributed by atoms with Gasteiger partial charge in [-0.25, -0.2) is 0 Å². The Balaban J connectivity index is 1.35. The zero-order valence-electron chi connectivity index (χ0n) is 15.8. The van der Waals surface area contributed by atoms with Crippen LogP contribution in [0.15, 0.2) is 52.1 Å². The van der Waals surface area contributed by atoms with Crippen molar-refractivity contribution in [3.63, 3.8) is 0 Å². The molecule has 1 aliphatic carbocycles. The number of benzene rings is 1. The van der Waals surface area contributed by atoms with E-state index in [-0.39, 0.29) is 6.10 Å². The standard InChI is InChI=1S/C22H29N3O2/c1-2-6-18-15-19(10-9-17(18)5-1)25-22(24-16-21-8-4-14-27-21)23-12-11-20-7-3-13-26-20/h1-3,5-7,13,19,21H,4,8-12,14-16H2,(H2,23,24,25). The van der Waals surface area contributed by atoms with Gasteiger partial charge in [0.2, 0.25) is 0 Å². The monoisotopic (exact) mass is 367 g/mol.